The summed E-state index contributed by atoms with van der Waals surface area (Å²) >= 11 is 0. The highest BCUT2D eigenvalue weighted by Crippen LogP contribution is 2.31. The molecule has 19 heavy (non-hydrogen) atoms. The number of aliphatic carboxylic acids is 1. The van der Waals surface area contributed by atoms with Crippen molar-refractivity contribution in [1.82, 2.24) is 4.90 Å². The lowest BCUT2D eigenvalue weighted by molar-refractivity contribution is -0.140. The Bertz CT molecular complexity index is 447. The fourth-order valence-electron chi connectivity index (χ4n) is 2.60. The first kappa shape index (κ1) is 14.0. The van der Waals surface area contributed by atoms with E-state index in [0.717, 1.165) is 12.0 Å². The molecule has 0 saturated carbocycles. The molecule has 1 N–H and O–H groups in total. The maximum absolute atomic E-state index is 11.1. The Morgan fingerprint density at radius 2 is 2.26 bits per heavy atom. The normalized spacial score (nSPS) is 20.1. The summed E-state index contributed by atoms with van der Waals surface area (Å²) in [7, 11) is 0. The molecule has 0 aliphatic carbocycles. The molecule has 0 spiro atoms. The quantitative estimate of drug-likeness (QED) is 0.886. The SMILES string of the molecule is CCC(C)N(CC(=O)O)C1COCc2ccccc21. The fraction of sp³-hybridized carbons (Fsp3) is 0.533. The second-order valence-electron chi connectivity index (χ2n) is 5.05. The summed E-state index contributed by atoms with van der Waals surface area (Å²) in [4.78, 5) is 13.1. The standard InChI is InChI=1S/C15H21NO3/c1-3-11(2)16(8-15(17)18)14-10-19-9-12-6-4-5-7-13(12)14/h4-7,11,14H,3,8-10H2,1-2H3,(H,17,18). The zero-order chi connectivity index (χ0) is 13.8. The third kappa shape index (κ3) is 3.14. The number of nitrogens with zero attached hydrogens (tertiary/aromatic N) is 1. The number of carbonyl (C=O) groups is 1. The molecule has 1 heterocycles. The highest BCUT2D eigenvalue weighted by atomic mass is 16.5. The van der Waals surface area contributed by atoms with Gasteiger partial charge in [0.2, 0.25) is 0 Å². The van der Waals surface area contributed by atoms with Crippen LogP contribution in [0.25, 0.3) is 0 Å². The van der Waals surface area contributed by atoms with Crippen LogP contribution >= 0.6 is 0 Å². The lowest BCUT2D eigenvalue weighted by Crippen LogP contribution is -2.43. The molecule has 0 amide bonds. The Hall–Kier alpha value is -1.39. The highest BCUT2D eigenvalue weighted by molar-refractivity contribution is 5.69. The molecule has 0 saturated heterocycles. The van der Waals surface area contributed by atoms with Gasteiger partial charge in [-0.1, -0.05) is 31.2 Å². The largest absolute Gasteiger partial charge is 0.480 e. The van der Waals surface area contributed by atoms with Crippen molar-refractivity contribution in [2.75, 3.05) is 13.2 Å². The van der Waals surface area contributed by atoms with Gasteiger partial charge in [0.25, 0.3) is 0 Å². The number of fused-ring (bicyclic) bond motifs is 1. The summed E-state index contributed by atoms with van der Waals surface area (Å²) in [5.41, 5.74) is 2.37. The Kier molecular flexibility index (Phi) is 4.56. The monoisotopic (exact) mass is 263 g/mol. The first-order valence-corrected chi connectivity index (χ1v) is 6.76. The number of hydrogen-bond donors (Lipinski definition) is 1. The molecule has 1 aliphatic rings. The molecule has 4 nitrogen and oxygen atoms in total. The zero-order valence-electron chi connectivity index (χ0n) is 11.5. The molecule has 0 fully saturated rings. The van der Waals surface area contributed by atoms with E-state index in [1.165, 1.54) is 5.56 Å². The van der Waals surface area contributed by atoms with Gasteiger partial charge in [0.05, 0.1) is 25.8 Å². The van der Waals surface area contributed by atoms with E-state index in [1.54, 1.807) is 0 Å². The number of rotatable bonds is 5. The summed E-state index contributed by atoms with van der Waals surface area (Å²) in [6.07, 6.45) is 0.923. The van der Waals surface area contributed by atoms with Gasteiger partial charge in [-0.15, -0.1) is 0 Å². The molecule has 2 unspecified atom stereocenters. The number of hydrogen-bond acceptors (Lipinski definition) is 3. The summed E-state index contributed by atoms with van der Waals surface area (Å²) in [6.45, 7) is 5.38. The predicted octanol–water partition coefficient (Wildman–Crippen LogP) is 2.44. The van der Waals surface area contributed by atoms with E-state index in [2.05, 4.69) is 26.0 Å². The van der Waals surface area contributed by atoms with Crippen molar-refractivity contribution in [3.05, 3.63) is 35.4 Å². The Morgan fingerprint density at radius 3 is 2.95 bits per heavy atom. The van der Waals surface area contributed by atoms with Gasteiger partial charge in [-0.3, -0.25) is 9.69 Å². The van der Waals surface area contributed by atoms with E-state index in [1.807, 2.05) is 17.0 Å². The van der Waals surface area contributed by atoms with Crippen LogP contribution in [0.3, 0.4) is 0 Å². The molecule has 2 atom stereocenters. The number of ether oxygens (including phenoxy) is 1. The van der Waals surface area contributed by atoms with Crippen molar-refractivity contribution >= 4 is 5.97 Å². The fourth-order valence-corrected chi connectivity index (χ4v) is 2.60. The molecule has 104 valence electrons. The van der Waals surface area contributed by atoms with Crippen LogP contribution in [0.1, 0.15) is 37.4 Å². The van der Waals surface area contributed by atoms with E-state index in [4.69, 9.17) is 9.84 Å². The van der Waals surface area contributed by atoms with Gasteiger partial charge in [-0.05, 0) is 24.5 Å². The van der Waals surface area contributed by atoms with Gasteiger partial charge in [0.1, 0.15) is 0 Å². The molecular formula is C15H21NO3. The van der Waals surface area contributed by atoms with Crippen LogP contribution in [0.4, 0.5) is 0 Å². The van der Waals surface area contributed by atoms with Crippen molar-refractivity contribution in [2.24, 2.45) is 0 Å². The summed E-state index contributed by atoms with van der Waals surface area (Å²) < 4.78 is 5.63. The van der Waals surface area contributed by atoms with Gasteiger partial charge in [-0.2, -0.15) is 0 Å². The van der Waals surface area contributed by atoms with Crippen LogP contribution in [0, 0.1) is 0 Å². The molecule has 0 radical (unpaired) electrons. The second kappa shape index (κ2) is 6.17. The molecule has 2 rings (SSSR count). The van der Waals surface area contributed by atoms with Crippen LogP contribution in [-0.2, 0) is 16.1 Å². The van der Waals surface area contributed by atoms with Gasteiger partial charge in [0.15, 0.2) is 0 Å². The van der Waals surface area contributed by atoms with Gasteiger partial charge < -0.3 is 9.84 Å². The number of carboxylic acids is 1. The van der Waals surface area contributed by atoms with Crippen LogP contribution in [0.5, 0.6) is 0 Å². The smallest absolute Gasteiger partial charge is 0.317 e. The molecule has 1 aromatic rings. The predicted molar refractivity (Wildman–Crippen MR) is 72.9 cm³/mol. The van der Waals surface area contributed by atoms with Crippen LogP contribution in [0.2, 0.25) is 0 Å². The van der Waals surface area contributed by atoms with Crippen molar-refractivity contribution in [1.29, 1.82) is 0 Å². The Balaban J connectivity index is 2.29. The van der Waals surface area contributed by atoms with E-state index in [-0.39, 0.29) is 18.6 Å². The summed E-state index contributed by atoms with van der Waals surface area (Å²) in [5, 5.41) is 9.12. The highest BCUT2D eigenvalue weighted by Gasteiger charge is 2.30. The summed E-state index contributed by atoms with van der Waals surface area (Å²) in [6, 6.07) is 8.39. The lowest BCUT2D eigenvalue weighted by atomic mass is 9.96. The first-order valence-electron chi connectivity index (χ1n) is 6.76. The minimum absolute atomic E-state index is 0.0380. The number of benzene rings is 1. The number of carboxylic acid groups (broad SMARTS) is 1. The topological polar surface area (TPSA) is 49.8 Å². The zero-order valence-corrected chi connectivity index (χ0v) is 11.5. The van der Waals surface area contributed by atoms with Crippen LogP contribution in [0.15, 0.2) is 24.3 Å². The van der Waals surface area contributed by atoms with Crippen LogP contribution in [-0.4, -0.2) is 35.2 Å². The maximum atomic E-state index is 11.1. The molecular weight excluding hydrogens is 242 g/mol. The van der Waals surface area contributed by atoms with E-state index < -0.39 is 5.97 Å². The van der Waals surface area contributed by atoms with E-state index in [9.17, 15) is 4.79 Å². The average Bonchev–Trinajstić information content (AvgIpc) is 2.43. The van der Waals surface area contributed by atoms with Gasteiger partial charge in [0, 0.05) is 6.04 Å². The molecule has 1 aliphatic heterocycles. The van der Waals surface area contributed by atoms with Crippen molar-refractivity contribution in [3.63, 3.8) is 0 Å². The maximum Gasteiger partial charge on any atom is 0.317 e. The Labute approximate surface area is 114 Å². The first-order chi connectivity index (χ1) is 9.13. The summed E-state index contributed by atoms with van der Waals surface area (Å²) in [5.74, 6) is -0.789. The van der Waals surface area contributed by atoms with Crippen LogP contribution < -0.4 is 0 Å². The Morgan fingerprint density at radius 1 is 1.53 bits per heavy atom. The lowest BCUT2D eigenvalue weighted by Gasteiger charge is -2.38. The minimum Gasteiger partial charge on any atom is -0.480 e. The van der Waals surface area contributed by atoms with E-state index in [0.29, 0.717) is 13.2 Å². The second-order valence-corrected chi connectivity index (χ2v) is 5.05. The molecule has 1 aromatic carbocycles. The average molecular weight is 263 g/mol. The third-order valence-electron chi connectivity index (χ3n) is 3.82. The molecule has 0 bridgehead atoms. The van der Waals surface area contributed by atoms with Crippen molar-refractivity contribution in [3.8, 4) is 0 Å². The van der Waals surface area contributed by atoms with Crippen molar-refractivity contribution in [2.45, 2.75) is 39.0 Å². The molecule has 4 heteroatoms. The van der Waals surface area contributed by atoms with Gasteiger partial charge in [-0.25, -0.2) is 0 Å². The molecule has 0 aromatic heterocycles. The van der Waals surface area contributed by atoms with Crippen molar-refractivity contribution < 1.29 is 14.6 Å². The van der Waals surface area contributed by atoms with Gasteiger partial charge >= 0.3 is 5.97 Å². The minimum atomic E-state index is -0.789. The van der Waals surface area contributed by atoms with E-state index >= 15 is 0 Å². The third-order valence-corrected chi connectivity index (χ3v) is 3.82.